The number of nitrogens with one attached hydrogen (secondary N) is 2. The second kappa shape index (κ2) is 9.17. The van der Waals surface area contributed by atoms with Crippen molar-refractivity contribution in [2.45, 2.75) is 25.8 Å². The quantitative estimate of drug-likeness (QED) is 0.711. The van der Waals surface area contributed by atoms with Crippen LogP contribution in [0.15, 0.2) is 42.5 Å². The summed E-state index contributed by atoms with van der Waals surface area (Å²) in [6, 6.07) is 13.1. The number of benzene rings is 2. The zero-order chi connectivity index (χ0) is 20.9. The maximum atomic E-state index is 12.6. The fraction of sp³-hybridized carbons (Fsp3) is 0.391. The summed E-state index contributed by atoms with van der Waals surface area (Å²) in [6.07, 6.45) is 2.12. The molecule has 2 N–H and O–H groups in total. The van der Waals surface area contributed by atoms with E-state index in [0.717, 1.165) is 30.9 Å². The van der Waals surface area contributed by atoms with E-state index in [4.69, 9.17) is 14.2 Å². The second-order valence-electron chi connectivity index (χ2n) is 7.53. The van der Waals surface area contributed by atoms with Crippen LogP contribution in [0, 0.1) is 0 Å². The number of hydrogen-bond acceptors (Lipinski definition) is 5. The van der Waals surface area contributed by atoms with Crippen molar-refractivity contribution >= 4 is 17.6 Å². The standard InChI is InChI=1S/C23H26N2O5/c1-2-28-23(27)16-5-8-18(9-6-16)24-22(26)15-25-11-3-4-19(25)17-7-10-20-21(14-17)30-13-12-29-20/h5-10,14,19H,2-4,11-13,15H2,1H3,(H,24,26)/p+1/t19-/m0/s1. The molecular weight excluding hydrogens is 384 g/mol. The van der Waals surface area contributed by atoms with Crippen LogP contribution in [-0.2, 0) is 9.53 Å². The van der Waals surface area contributed by atoms with Crippen LogP contribution in [-0.4, -0.2) is 44.8 Å². The van der Waals surface area contributed by atoms with Gasteiger partial charge in [-0.25, -0.2) is 4.79 Å². The first-order valence-electron chi connectivity index (χ1n) is 10.4. The molecule has 2 aromatic carbocycles. The van der Waals surface area contributed by atoms with Crippen molar-refractivity contribution in [2.24, 2.45) is 0 Å². The molecule has 30 heavy (non-hydrogen) atoms. The average Bonchev–Trinajstić information content (AvgIpc) is 3.22. The van der Waals surface area contributed by atoms with Crippen LogP contribution in [0.5, 0.6) is 11.5 Å². The Morgan fingerprint density at radius 2 is 1.87 bits per heavy atom. The maximum Gasteiger partial charge on any atom is 0.338 e. The number of esters is 1. The van der Waals surface area contributed by atoms with Crippen molar-refractivity contribution in [3.8, 4) is 11.5 Å². The van der Waals surface area contributed by atoms with E-state index in [9.17, 15) is 9.59 Å². The molecule has 0 saturated carbocycles. The summed E-state index contributed by atoms with van der Waals surface area (Å²) >= 11 is 0. The van der Waals surface area contributed by atoms with Gasteiger partial charge in [0.25, 0.3) is 5.91 Å². The van der Waals surface area contributed by atoms with E-state index in [2.05, 4.69) is 17.4 Å². The van der Waals surface area contributed by atoms with Crippen molar-refractivity contribution in [3.63, 3.8) is 0 Å². The molecule has 2 aliphatic rings. The molecule has 1 unspecified atom stereocenters. The lowest BCUT2D eigenvalue weighted by Crippen LogP contribution is -3.11. The minimum Gasteiger partial charge on any atom is -0.486 e. The second-order valence-corrected chi connectivity index (χ2v) is 7.53. The third-order valence-electron chi connectivity index (χ3n) is 5.52. The Balaban J connectivity index is 1.37. The molecule has 1 amide bonds. The SMILES string of the molecule is CCOC(=O)c1ccc(NC(=O)C[NH+]2CCC[C@H]2c2ccc3c(c2)OCCO3)cc1. The zero-order valence-corrected chi connectivity index (χ0v) is 17.1. The number of hydrogen-bond donors (Lipinski definition) is 2. The number of quaternary nitrogens is 1. The molecule has 2 aromatic rings. The van der Waals surface area contributed by atoms with E-state index < -0.39 is 0 Å². The predicted octanol–water partition coefficient (Wildman–Crippen LogP) is 1.99. The number of fused-ring (bicyclic) bond motifs is 1. The van der Waals surface area contributed by atoms with Crippen molar-refractivity contribution in [1.29, 1.82) is 0 Å². The Bertz CT molecular complexity index is 912. The van der Waals surface area contributed by atoms with Gasteiger partial charge >= 0.3 is 5.97 Å². The topological polar surface area (TPSA) is 78.3 Å². The summed E-state index contributed by atoms with van der Waals surface area (Å²) in [4.78, 5) is 25.6. The number of carbonyl (C=O) groups excluding carboxylic acids is 2. The van der Waals surface area contributed by atoms with E-state index in [0.29, 0.717) is 37.6 Å². The van der Waals surface area contributed by atoms with Gasteiger partial charge in [0, 0.05) is 24.1 Å². The van der Waals surface area contributed by atoms with E-state index in [1.54, 1.807) is 31.2 Å². The average molecular weight is 411 g/mol. The third kappa shape index (κ3) is 4.57. The highest BCUT2D eigenvalue weighted by atomic mass is 16.6. The molecule has 0 bridgehead atoms. The highest BCUT2D eigenvalue weighted by molar-refractivity contribution is 5.93. The van der Waals surface area contributed by atoms with Gasteiger partial charge in [-0.3, -0.25) is 4.79 Å². The van der Waals surface area contributed by atoms with Gasteiger partial charge in [0.2, 0.25) is 0 Å². The normalized spacial score (nSPS) is 19.9. The van der Waals surface area contributed by atoms with E-state index in [1.165, 1.54) is 10.5 Å². The van der Waals surface area contributed by atoms with Crippen LogP contribution < -0.4 is 19.7 Å². The summed E-state index contributed by atoms with van der Waals surface area (Å²) < 4.78 is 16.3. The summed E-state index contributed by atoms with van der Waals surface area (Å²) in [6.45, 7) is 4.59. The molecule has 2 aliphatic heterocycles. The largest absolute Gasteiger partial charge is 0.486 e. The first-order chi connectivity index (χ1) is 14.6. The Morgan fingerprint density at radius 1 is 1.10 bits per heavy atom. The molecule has 0 aromatic heterocycles. The molecule has 7 heteroatoms. The lowest BCUT2D eigenvalue weighted by atomic mass is 10.0. The molecule has 0 aliphatic carbocycles. The summed E-state index contributed by atoms with van der Waals surface area (Å²) in [5.74, 6) is 1.17. The molecule has 2 heterocycles. The van der Waals surface area contributed by atoms with E-state index in [-0.39, 0.29) is 17.9 Å². The first kappa shape index (κ1) is 20.2. The Hall–Kier alpha value is -3.06. The van der Waals surface area contributed by atoms with Crippen LogP contribution in [0.1, 0.15) is 41.7 Å². The van der Waals surface area contributed by atoms with Crippen LogP contribution in [0.2, 0.25) is 0 Å². The van der Waals surface area contributed by atoms with Gasteiger partial charge in [-0.05, 0) is 49.4 Å². The summed E-state index contributed by atoms with van der Waals surface area (Å²) in [7, 11) is 0. The van der Waals surface area contributed by atoms with Gasteiger partial charge in [-0.1, -0.05) is 0 Å². The van der Waals surface area contributed by atoms with Crippen LogP contribution in [0.4, 0.5) is 5.69 Å². The predicted molar refractivity (Wildman–Crippen MR) is 111 cm³/mol. The molecule has 1 saturated heterocycles. The van der Waals surface area contributed by atoms with Gasteiger partial charge in [0.1, 0.15) is 19.3 Å². The number of ether oxygens (including phenoxy) is 3. The van der Waals surface area contributed by atoms with Gasteiger partial charge in [0.15, 0.2) is 18.0 Å². The number of carbonyl (C=O) groups is 2. The fourth-order valence-corrected chi connectivity index (χ4v) is 4.12. The van der Waals surface area contributed by atoms with Crippen LogP contribution in [0.3, 0.4) is 0 Å². The Kier molecular flexibility index (Phi) is 6.18. The van der Waals surface area contributed by atoms with Crippen molar-refractivity contribution in [1.82, 2.24) is 0 Å². The molecule has 4 rings (SSSR count). The molecular formula is C23H27N2O5+. The lowest BCUT2D eigenvalue weighted by Gasteiger charge is -2.24. The highest BCUT2D eigenvalue weighted by Crippen LogP contribution is 2.33. The molecule has 0 spiro atoms. The van der Waals surface area contributed by atoms with Crippen molar-refractivity contribution < 1.29 is 28.7 Å². The van der Waals surface area contributed by atoms with E-state index >= 15 is 0 Å². The van der Waals surface area contributed by atoms with Crippen molar-refractivity contribution in [2.75, 3.05) is 38.2 Å². The third-order valence-corrected chi connectivity index (χ3v) is 5.52. The Morgan fingerprint density at radius 3 is 2.63 bits per heavy atom. The summed E-state index contributed by atoms with van der Waals surface area (Å²) in [5.41, 5.74) is 2.32. The van der Waals surface area contributed by atoms with Gasteiger partial charge in [0.05, 0.1) is 18.7 Å². The minimum atomic E-state index is -0.362. The first-order valence-corrected chi connectivity index (χ1v) is 10.4. The lowest BCUT2D eigenvalue weighted by molar-refractivity contribution is -0.910. The molecule has 158 valence electrons. The molecule has 1 fully saturated rings. The number of rotatable bonds is 6. The van der Waals surface area contributed by atoms with E-state index in [1.807, 2.05) is 6.07 Å². The van der Waals surface area contributed by atoms with Gasteiger partial charge < -0.3 is 24.4 Å². The zero-order valence-electron chi connectivity index (χ0n) is 17.1. The maximum absolute atomic E-state index is 12.6. The molecule has 7 nitrogen and oxygen atoms in total. The summed E-state index contributed by atoms with van der Waals surface area (Å²) in [5, 5.41) is 2.93. The van der Waals surface area contributed by atoms with Crippen molar-refractivity contribution in [3.05, 3.63) is 53.6 Å². The van der Waals surface area contributed by atoms with Crippen LogP contribution in [0.25, 0.3) is 0 Å². The van der Waals surface area contributed by atoms with Gasteiger partial charge in [-0.15, -0.1) is 0 Å². The fourth-order valence-electron chi connectivity index (χ4n) is 4.12. The van der Waals surface area contributed by atoms with Gasteiger partial charge in [-0.2, -0.15) is 0 Å². The number of likely N-dealkylation sites (tertiary alicyclic amines) is 1. The minimum absolute atomic E-state index is 0.0432. The Labute approximate surface area is 175 Å². The highest BCUT2D eigenvalue weighted by Gasteiger charge is 2.32. The number of amides is 1. The molecule has 2 atom stereocenters. The molecule has 0 radical (unpaired) electrons. The van der Waals surface area contributed by atoms with Crippen LogP contribution >= 0.6 is 0 Å². The monoisotopic (exact) mass is 411 g/mol. The smallest absolute Gasteiger partial charge is 0.338 e. The number of anilines is 1.